The quantitative estimate of drug-likeness (QED) is 0.644. The second-order valence-electron chi connectivity index (χ2n) is 4.29. The van der Waals surface area contributed by atoms with E-state index in [-0.39, 0.29) is 25.8 Å². The van der Waals surface area contributed by atoms with Crippen molar-refractivity contribution in [3.63, 3.8) is 0 Å². The van der Waals surface area contributed by atoms with Crippen molar-refractivity contribution in [1.29, 1.82) is 0 Å². The van der Waals surface area contributed by atoms with Gasteiger partial charge in [0.2, 0.25) is 0 Å². The molecule has 0 spiro atoms. The van der Waals surface area contributed by atoms with E-state index in [1.807, 2.05) is 0 Å². The van der Waals surface area contributed by atoms with Crippen molar-refractivity contribution in [1.82, 2.24) is 0 Å². The van der Waals surface area contributed by atoms with Crippen molar-refractivity contribution in [2.75, 3.05) is 0 Å². The van der Waals surface area contributed by atoms with Crippen LogP contribution in [0.15, 0.2) is 24.3 Å². The van der Waals surface area contributed by atoms with Crippen molar-refractivity contribution in [3.8, 4) is 0 Å². The van der Waals surface area contributed by atoms with Gasteiger partial charge in [-0.1, -0.05) is 38.1 Å². The van der Waals surface area contributed by atoms with Crippen molar-refractivity contribution >= 4 is 0 Å². The topological polar surface area (TPSA) is 0 Å². The molecule has 0 nitrogen and oxygen atoms in total. The van der Waals surface area contributed by atoms with E-state index >= 15 is 0 Å². The summed E-state index contributed by atoms with van der Waals surface area (Å²) in [5, 5.41) is 0. The summed E-state index contributed by atoms with van der Waals surface area (Å²) in [6, 6.07) is 8.79. The van der Waals surface area contributed by atoms with Gasteiger partial charge in [-0.25, -0.2) is 0 Å². The molecule has 0 unspecified atom stereocenters. The number of benzene rings is 1. The van der Waals surface area contributed by atoms with Crippen LogP contribution in [0.25, 0.3) is 0 Å². The third-order valence-corrected chi connectivity index (χ3v) is 2.46. The number of fused-ring (bicyclic) bond motifs is 1. The van der Waals surface area contributed by atoms with Crippen LogP contribution in [0, 0.1) is 5.41 Å². The number of hydrogen-bond acceptors (Lipinski definition) is 0. The summed E-state index contributed by atoms with van der Waals surface area (Å²) in [6.45, 7) is 4.68. The zero-order valence-corrected chi connectivity index (χ0v) is 11.3. The van der Waals surface area contributed by atoms with Crippen molar-refractivity contribution in [3.05, 3.63) is 35.4 Å². The Morgan fingerprint density at radius 1 is 1.00 bits per heavy atom. The summed E-state index contributed by atoms with van der Waals surface area (Å²) in [4.78, 5) is 0. The molecule has 1 heteroatoms. The molecule has 1 aliphatic rings. The van der Waals surface area contributed by atoms with Crippen LogP contribution in [0.2, 0.25) is 0 Å². The minimum Gasteiger partial charge on any atom is -0.0620 e. The van der Waals surface area contributed by atoms with Crippen LogP contribution >= 0.6 is 0 Å². The molecule has 0 fully saturated rings. The first kappa shape index (κ1) is 10.2. The van der Waals surface area contributed by atoms with Gasteiger partial charge >= 0.3 is 0 Å². The van der Waals surface area contributed by atoms with Gasteiger partial charge in [-0.05, 0) is 29.4 Å². The molecule has 0 N–H and O–H groups in total. The van der Waals surface area contributed by atoms with E-state index in [4.69, 9.17) is 0 Å². The summed E-state index contributed by atoms with van der Waals surface area (Å²) in [7, 11) is 0. The predicted octanol–water partition coefficient (Wildman–Crippen LogP) is 2.81. The Morgan fingerprint density at radius 2 is 1.42 bits per heavy atom. The molecule has 2 rings (SSSR count). The van der Waals surface area contributed by atoms with E-state index in [1.54, 1.807) is 11.1 Å². The Labute approximate surface area is 93.2 Å². The van der Waals surface area contributed by atoms with Crippen molar-refractivity contribution < 1.29 is 25.8 Å². The summed E-state index contributed by atoms with van der Waals surface area (Å²) in [6.07, 6.45) is 2.51. The summed E-state index contributed by atoms with van der Waals surface area (Å²) in [5.74, 6) is 0. The molecular formula is C11H14Hf. The van der Waals surface area contributed by atoms with Crippen LogP contribution in [0.4, 0.5) is 0 Å². The summed E-state index contributed by atoms with van der Waals surface area (Å²) < 4.78 is 0. The molecule has 0 aromatic heterocycles. The molecule has 0 amide bonds. The van der Waals surface area contributed by atoms with Gasteiger partial charge < -0.3 is 0 Å². The zero-order valence-electron chi connectivity index (χ0n) is 7.72. The third-order valence-electron chi connectivity index (χ3n) is 2.46. The zero-order chi connectivity index (χ0) is 7.90. The van der Waals surface area contributed by atoms with Crippen molar-refractivity contribution in [2.45, 2.75) is 26.7 Å². The fourth-order valence-electron chi connectivity index (χ4n) is 2.00. The molecule has 1 aromatic rings. The second kappa shape index (κ2) is 3.45. The van der Waals surface area contributed by atoms with E-state index in [0.717, 1.165) is 0 Å². The van der Waals surface area contributed by atoms with E-state index < -0.39 is 0 Å². The minimum atomic E-state index is 0. The van der Waals surface area contributed by atoms with E-state index in [9.17, 15) is 0 Å². The number of rotatable bonds is 0. The molecule has 0 saturated heterocycles. The first-order valence-corrected chi connectivity index (χ1v) is 4.24. The maximum Gasteiger partial charge on any atom is 0 e. The summed E-state index contributed by atoms with van der Waals surface area (Å²) in [5.41, 5.74) is 3.61. The van der Waals surface area contributed by atoms with Gasteiger partial charge in [0.1, 0.15) is 0 Å². The molecule has 0 radical (unpaired) electrons. The van der Waals surface area contributed by atoms with Crippen LogP contribution in [0.1, 0.15) is 25.0 Å². The van der Waals surface area contributed by atoms with Gasteiger partial charge in [-0.2, -0.15) is 0 Å². The third kappa shape index (κ3) is 1.87. The maximum atomic E-state index is 2.34. The molecule has 62 valence electrons. The fraction of sp³-hybridized carbons (Fsp3) is 0.455. The molecule has 0 bridgehead atoms. The Bertz CT molecular complexity index is 249. The van der Waals surface area contributed by atoms with Gasteiger partial charge in [-0.3, -0.25) is 0 Å². The average molecular weight is 325 g/mol. The Balaban J connectivity index is 0.000000720. The van der Waals surface area contributed by atoms with Crippen LogP contribution < -0.4 is 0 Å². The molecule has 0 heterocycles. The van der Waals surface area contributed by atoms with E-state index in [2.05, 4.69) is 38.1 Å². The Hall–Kier alpha value is 0.0901. The molecule has 0 aliphatic heterocycles. The van der Waals surface area contributed by atoms with Crippen LogP contribution in [-0.2, 0) is 38.7 Å². The first-order valence-electron chi connectivity index (χ1n) is 4.24. The monoisotopic (exact) mass is 326 g/mol. The molecule has 12 heavy (non-hydrogen) atoms. The van der Waals surface area contributed by atoms with Gasteiger partial charge in [0.25, 0.3) is 0 Å². The van der Waals surface area contributed by atoms with E-state index in [1.165, 1.54) is 12.8 Å². The fourth-order valence-corrected chi connectivity index (χ4v) is 2.00. The first-order chi connectivity index (χ1) is 5.17. The second-order valence-corrected chi connectivity index (χ2v) is 4.29. The maximum absolute atomic E-state index is 2.34. The van der Waals surface area contributed by atoms with Gasteiger partial charge in [0.15, 0.2) is 0 Å². The summed E-state index contributed by atoms with van der Waals surface area (Å²) >= 11 is 0. The van der Waals surface area contributed by atoms with Crippen LogP contribution in [0.3, 0.4) is 0 Å². The molecular weight excluding hydrogens is 311 g/mol. The standard InChI is InChI=1S/C11H14.Hf/c1-11(2)7-9-5-3-4-6-10(9)8-11;/h3-6H,7-8H2,1-2H3;. The van der Waals surface area contributed by atoms with E-state index in [0.29, 0.717) is 5.41 Å². The van der Waals surface area contributed by atoms with Gasteiger partial charge in [0.05, 0.1) is 0 Å². The Kier molecular flexibility index (Phi) is 2.92. The molecule has 1 aromatic carbocycles. The SMILES string of the molecule is CC1(C)Cc2ccccc2C1.[Hf]. The molecule has 0 atom stereocenters. The minimum absolute atomic E-state index is 0. The average Bonchev–Trinajstić information content (AvgIpc) is 2.21. The largest absolute Gasteiger partial charge is 0.0620 e. The molecule has 0 saturated carbocycles. The smallest absolute Gasteiger partial charge is 0 e. The van der Waals surface area contributed by atoms with Gasteiger partial charge in [-0.15, -0.1) is 0 Å². The van der Waals surface area contributed by atoms with Crippen LogP contribution in [0.5, 0.6) is 0 Å². The van der Waals surface area contributed by atoms with Gasteiger partial charge in [0, 0.05) is 25.8 Å². The van der Waals surface area contributed by atoms with Crippen LogP contribution in [-0.4, -0.2) is 0 Å². The van der Waals surface area contributed by atoms with Crippen molar-refractivity contribution in [2.24, 2.45) is 5.41 Å². The molecule has 1 aliphatic carbocycles. The Morgan fingerprint density at radius 3 is 1.83 bits per heavy atom. The predicted molar refractivity (Wildman–Crippen MR) is 47.6 cm³/mol. The number of hydrogen-bond donors (Lipinski definition) is 0. The normalized spacial score (nSPS) is 18.2.